The Kier molecular flexibility index (Phi) is 5.68. The number of nitrogens with two attached hydrogens (primary N) is 1. The highest BCUT2D eigenvalue weighted by molar-refractivity contribution is 5.96. The molecule has 0 spiro atoms. The van der Waals surface area contributed by atoms with Gasteiger partial charge in [0.15, 0.2) is 5.69 Å². The Hall–Kier alpha value is -3.27. The summed E-state index contributed by atoms with van der Waals surface area (Å²) < 4.78 is 6.32. The number of hydrogen-bond donors (Lipinski definition) is 2. The second kappa shape index (κ2) is 7.74. The topological polar surface area (TPSA) is 110 Å². The predicted molar refractivity (Wildman–Crippen MR) is 99.1 cm³/mol. The van der Waals surface area contributed by atoms with Crippen LogP contribution in [-0.2, 0) is 9.53 Å². The molecule has 1 amide bonds. The molecule has 3 N–H and O–H groups in total. The molecule has 136 valence electrons. The van der Waals surface area contributed by atoms with Gasteiger partial charge in [0.2, 0.25) is 5.91 Å². The highest BCUT2D eigenvalue weighted by Crippen LogP contribution is 2.28. The number of amides is 1. The molecule has 26 heavy (non-hydrogen) atoms. The van der Waals surface area contributed by atoms with E-state index in [0.717, 1.165) is 5.56 Å². The molecule has 0 saturated heterocycles. The number of carbonyl (C=O) groups excluding carboxylic acids is 2. The van der Waals surface area contributed by atoms with E-state index in [-0.39, 0.29) is 28.8 Å². The summed E-state index contributed by atoms with van der Waals surface area (Å²) >= 11 is 0. The summed E-state index contributed by atoms with van der Waals surface area (Å²) in [5, 5.41) is 12.1. The van der Waals surface area contributed by atoms with Gasteiger partial charge < -0.3 is 20.4 Å². The minimum atomic E-state index is -0.641. The molecule has 0 fully saturated rings. The minimum absolute atomic E-state index is 0.0630. The second-order valence-corrected chi connectivity index (χ2v) is 6.43. The Labute approximate surface area is 152 Å². The zero-order valence-corrected chi connectivity index (χ0v) is 15.3. The van der Waals surface area contributed by atoms with E-state index in [1.165, 1.54) is 17.9 Å². The summed E-state index contributed by atoms with van der Waals surface area (Å²) in [6.07, 6.45) is 1.90. The molecule has 1 aromatic heterocycles. The van der Waals surface area contributed by atoms with Crippen molar-refractivity contribution in [3.05, 3.63) is 41.2 Å². The molecule has 1 heterocycles. The van der Waals surface area contributed by atoms with Crippen LogP contribution < -0.4 is 11.1 Å². The number of aryl methyl sites for hydroxylation is 1. The smallest absolute Gasteiger partial charge is 0.357 e. The molecule has 7 heteroatoms. The van der Waals surface area contributed by atoms with Crippen LogP contribution in [0.5, 0.6) is 0 Å². The SMILES string of the molecule is COC(=O)c1c(N)c(C#N)cn1-c1cc(NC(=O)CC(C)C)ccc1C. The number of anilines is 2. The van der Waals surface area contributed by atoms with Gasteiger partial charge in [-0.25, -0.2) is 4.79 Å². The fourth-order valence-corrected chi connectivity index (χ4v) is 2.63. The lowest BCUT2D eigenvalue weighted by atomic mass is 10.1. The molecule has 1 aromatic carbocycles. The van der Waals surface area contributed by atoms with Crippen LogP contribution in [0.25, 0.3) is 5.69 Å². The lowest BCUT2D eigenvalue weighted by Gasteiger charge is -2.14. The van der Waals surface area contributed by atoms with E-state index in [9.17, 15) is 14.9 Å². The van der Waals surface area contributed by atoms with Crippen molar-refractivity contribution >= 4 is 23.3 Å². The Bertz CT molecular complexity index is 891. The van der Waals surface area contributed by atoms with Gasteiger partial charge in [0.1, 0.15) is 6.07 Å². The molecule has 0 unspecified atom stereocenters. The van der Waals surface area contributed by atoms with Crippen LogP contribution >= 0.6 is 0 Å². The Morgan fingerprint density at radius 3 is 2.65 bits per heavy atom. The van der Waals surface area contributed by atoms with Gasteiger partial charge in [-0.15, -0.1) is 0 Å². The number of ether oxygens (including phenoxy) is 1. The van der Waals surface area contributed by atoms with Gasteiger partial charge in [-0.05, 0) is 30.5 Å². The average molecular weight is 354 g/mol. The molecular weight excluding hydrogens is 332 g/mol. The third-order valence-corrected chi connectivity index (χ3v) is 3.89. The quantitative estimate of drug-likeness (QED) is 0.802. The molecule has 0 radical (unpaired) electrons. The Morgan fingerprint density at radius 2 is 2.08 bits per heavy atom. The van der Waals surface area contributed by atoms with Gasteiger partial charge in [0, 0.05) is 18.3 Å². The van der Waals surface area contributed by atoms with Crippen molar-refractivity contribution in [2.75, 3.05) is 18.2 Å². The van der Waals surface area contributed by atoms with Crippen LogP contribution in [0.4, 0.5) is 11.4 Å². The van der Waals surface area contributed by atoms with Crippen molar-refractivity contribution < 1.29 is 14.3 Å². The first kappa shape index (κ1) is 19.1. The van der Waals surface area contributed by atoms with Crippen molar-refractivity contribution in [2.24, 2.45) is 5.92 Å². The highest BCUT2D eigenvalue weighted by Gasteiger charge is 2.22. The monoisotopic (exact) mass is 354 g/mol. The number of nitrogens with one attached hydrogen (secondary N) is 1. The molecule has 0 aliphatic rings. The number of nitrogen functional groups attached to an aromatic ring is 1. The maximum absolute atomic E-state index is 12.2. The Morgan fingerprint density at radius 1 is 1.38 bits per heavy atom. The number of benzene rings is 1. The van der Waals surface area contributed by atoms with Crippen LogP contribution in [0.15, 0.2) is 24.4 Å². The molecule has 0 atom stereocenters. The number of methoxy groups -OCH3 is 1. The number of esters is 1. The van der Waals surface area contributed by atoms with Gasteiger partial charge >= 0.3 is 5.97 Å². The molecule has 0 bridgehead atoms. The number of nitrogens with zero attached hydrogens (tertiary/aromatic N) is 2. The number of hydrogen-bond acceptors (Lipinski definition) is 5. The van der Waals surface area contributed by atoms with Gasteiger partial charge in [-0.3, -0.25) is 4.79 Å². The second-order valence-electron chi connectivity index (χ2n) is 6.43. The highest BCUT2D eigenvalue weighted by atomic mass is 16.5. The normalized spacial score (nSPS) is 10.5. The number of nitriles is 1. The third-order valence-electron chi connectivity index (χ3n) is 3.89. The first-order chi connectivity index (χ1) is 12.3. The van der Waals surface area contributed by atoms with Gasteiger partial charge in [-0.1, -0.05) is 19.9 Å². The summed E-state index contributed by atoms with van der Waals surface area (Å²) in [4.78, 5) is 24.2. The number of rotatable bonds is 5. The van der Waals surface area contributed by atoms with Crippen molar-refractivity contribution in [1.29, 1.82) is 5.26 Å². The minimum Gasteiger partial charge on any atom is -0.464 e. The van der Waals surface area contributed by atoms with Crippen LogP contribution in [0, 0.1) is 24.2 Å². The molecule has 0 aliphatic carbocycles. The van der Waals surface area contributed by atoms with Crippen LogP contribution in [0.2, 0.25) is 0 Å². The van der Waals surface area contributed by atoms with Crippen LogP contribution in [-0.4, -0.2) is 23.6 Å². The number of carbonyl (C=O) groups is 2. The van der Waals surface area contributed by atoms with E-state index >= 15 is 0 Å². The lowest BCUT2D eigenvalue weighted by molar-refractivity contribution is -0.116. The van der Waals surface area contributed by atoms with E-state index in [2.05, 4.69) is 5.32 Å². The van der Waals surface area contributed by atoms with Crippen LogP contribution in [0.1, 0.15) is 41.9 Å². The van der Waals surface area contributed by atoms with E-state index < -0.39 is 5.97 Å². The molecule has 0 aliphatic heterocycles. The van der Waals surface area contributed by atoms with Gasteiger partial charge in [0.25, 0.3) is 0 Å². The summed E-state index contributed by atoms with van der Waals surface area (Å²) in [6.45, 7) is 5.79. The van der Waals surface area contributed by atoms with Crippen molar-refractivity contribution in [1.82, 2.24) is 4.57 Å². The van der Waals surface area contributed by atoms with E-state index in [1.807, 2.05) is 32.9 Å². The van der Waals surface area contributed by atoms with E-state index in [1.54, 1.807) is 12.1 Å². The first-order valence-electron chi connectivity index (χ1n) is 8.18. The standard InChI is InChI=1S/C19H22N4O3/c1-11(2)7-16(24)22-14-6-5-12(3)15(8-14)23-10-13(9-20)17(21)18(23)19(25)26-4/h5-6,8,10-11H,7,21H2,1-4H3,(H,22,24). The zero-order chi connectivity index (χ0) is 19.4. The summed E-state index contributed by atoms with van der Waals surface area (Å²) in [5.41, 5.74) is 8.33. The molecule has 7 nitrogen and oxygen atoms in total. The number of aromatic nitrogens is 1. The predicted octanol–water partition coefficient (Wildman–Crippen LogP) is 3.01. The Balaban J connectivity index is 2.52. The third kappa shape index (κ3) is 3.86. The van der Waals surface area contributed by atoms with Gasteiger partial charge in [0.05, 0.1) is 24.0 Å². The zero-order valence-electron chi connectivity index (χ0n) is 15.3. The largest absolute Gasteiger partial charge is 0.464 e. The molecular formula is C19H22N4O3. The summed E-state index contributed by atoms with van der Waals surface area (Å²) in [5.74, 6) is -0.487. The fourth-order valence-electron chi connectivity index (χ4n) is 2.63. The van der Waals surface area contributed by atoms with Gasteiger partial charge in [-0.2, -0.15) is 5.26 Å². The maximum Gasteiger partial charge on any atom is 0.357 e. The van der Waals surface area contributed by atoms with E-state index in [0.29, 0.717) is 17.8 Å². The maximum atomic E-state index is 12.2. The average Bonchev–Trinajstić information content (AvgIpc) is 2.91. The van der Waals surface area contributed by atoms with Crippen LogP contribution in [0.3, 0.4) is 0 Å². The summed E-state index contributed by atoms with van der Waals surface area (Å²) in [6, 6.07) is 7.31. The lowest BCUT2D eigenvalue weighted by Crippen LogP contribution is -2.15. The van der Waals surface area contributed by atoms with Crippen molar-refractivity contribution in [3.63, 3.8) is 0 Å². The first-order valence-corrected chi connectivity index (χ1v) is 8.18. The fraction of sp³-hybridized carbons (Fsp3) is 0.316. The van der Waals surface area contributed by atoms with E-state index in [4.69, 9.17) is 10.5 Å². The van der Waals surface area contributed by atoms with Crippen molar-refractivity contribution in [3.8, 4) is 11.8 Å². The molecule has 2 aromatic rings. The molecule has 0 saturated carbocycles. The van der Waals surface area contributed by atoms with Crippen molar-refractivity contribution in [2.45, 2.75) is 27.2 Å². The molecule has 2 rings (SSSR count). The summed E-state index contributed by atoms with van der Waals surface area (Å²) in [7, 11) is 1.25.